The number of benzene rings is 1. The summed E-state index contributed by atoms with van der Waals surface area (Å²) in [6, 6.07) is 9.12. The second-order valence-electron chi connectivity index (χ2n) is 12.0. The van der Waals surface area contributed by atoms with Crippen molar-refractivity contribution in [3.05, 3.63) is 58.5 Å². The second kappa shape index (κ2) is 13.7. The molecule has 17 nitrogen and oxygen atoms in total. The minimum Gasteiger partial charge on any atom is -0.464 e. The molecule has 2 aliphatic heterocycles. The molecule has 6 atom stereocenters. The number of nitro benzene ring substituents is 1. The summed E-state index contributed by atoms with van der Waals surface area (Å²) in [6.07, 6.45) is 0.0966. The summed E-state index contributed by atoms with van der Waals surface area (Å²) in [7, 11) is -4.54. The molecule has 3 N–H and O–H groups in total. The number of anilines is 1. The summed E-state index contributed by atoms with van der Waals surface area (Å²) in [5.41, 5.74) is 4.90. The van der Waals surface area contributed by atoms with Crippen LogP contribution in [0.15, 0.2) is 42.7 Å². The lowest BCUT2D eigenvalue weighted by Crippen LogP contribution is -2.46. The van der Waals surface area contributed by atoms with E-state index in [1.165, 1.54) is 29.9 Å². The number of nitrogens with zero attached hydrogens (tertiary/aromatic N) is 5. The highest BCUT2D eigenvalue weighted by Crippen LogP contribution is 2.53. The maximum Gasteiger partial charge on any atom is 0.459 e. The first-order valence-electron chi connectivity index (χ1n) is 15.4. The zero-order valence-electron chi connectivity index (χ0n) is 27.1. The Kier molecular flexibility index (Phi) is 10.1. The second-order valence-corrected chi connectivity index (χ2v) is 13.7. The fourth-order valence-electron chi connectivity index (χ4n) is 5.57. The van der Waals surface area contributed by atoms with Crippen molar-refractivity contribution in [3.8, 4) is 11.8 Å². The Balaban J connectivity index is 1.43. The van der Waals surface area contributed by atoms with E-state index in [1.54, 1.807) is 26.0 Å². The highest BCUT2D eigenvalue weighted by molar-refractivity contribution is 7.52. The molecule has 2 aromatic heterocycles. The number of hydrogen-bond donors (Lipinski definition) is 2. The number of non-ortho nitro benzene ring substituents is 1. The Bertz CT molecular complexity index is 1740. The summed E-state index contributed by atoms with van der Waals surface area (Å²) in [5.74, 6) is -1.53. The lowest BCUT2D eigenvalue weighted by molar-refractivity contribution is -0.384. The summed E-state index contributed by atoms with van der Waals surface area (Å²) in [6.45, 7) is 8.24. The van der Waals surface area contributed by atoms with E-state index in [0.29, 0.717) is 11.2 Å². The SMILES string of the molecule is CCC(CC)COC(=O)[C@H](C)NP(=O)(OC[C@@]1(C#N)O[C@@H](c2ccc3c(N)ncnn23)[C@@H]2OC(C)(C)O[C@@H]21)Oc1ccc([N+](=O)[O-])cc1. The normalized spacial score (nSPS) is 24.9. The van der Waals surface area contributed by atoms with Crippen molar-refractivity contribution < 1.29 is 42.3 Å². The number of nitrogen functional groups attached to an aromatic ring is 1. The van der Waals surface area contributed by atoms with E-state index in [4.69, 9.17) is 33.7 Å². The minimum absolute atomic E-state index is 0.0679. The molecule has 48 heavy (non-hydrogen) atoms. The van der Waals surface area contributed by atoms with Crippen LogP contribution in [0.4, 0.5) is 11.5 Å². The summed E-state index contributed by atoms with van der Waals surface area (Å²) < 4.78 is 51.6. The molecule has 0 bridgehead atoms. The predicted molar refractivity (Wildman–Crippen MR) is 168 cm³/mol. The van der Waals surface area contributed by atoms with Gasteiger partial charge < -0.3 is 29.2 Å². The molecule has 2 fully saturated rings. The molecule has 3 aromatic rings. The zero-order valence-corrected chi connectivity index (χ0v) is 28.0. The number of fused-ring (bicyclic) bond motifs is 2. The van der Waals surface area contributed by atoms with Crippen molar-refractivity contribution in [2.45, 2.75) is 83.2 Å². The smallest absolute Gasteiger partial charge is 0.459 e. The van der Waals surface area contributed by atoms with Crippen LogP contribution in [-0.2, 0) is 32.8 Å². The van der Waals surface area contributed by atoms with Crippen LogP contribution in [0.3, 0.4) is 0 Å². The van der Waals surface area contributed by atoms with Crippen molar-refractivity contribution in [2.24, 2.45) is 5.92 Å². The van der Waals surface area contributed by atoms with Gasteiger partial charge in [0.2, 0.25) is 5.60 Å². The highest BCUT2D eigenvalue weighted by Gasteiger charge is 2.65. The molecule has 258 valence electrons. The molecule has 1 unspecified atom stereocenters. The molecule has 2 saturated heterocycles. The summed E-state index contributed by atoms with van der Waals surface area (Å²) in [5, 5.41) is 28.6. The number of rotatable bonds is 14. The molecule has 0 radical (unpaired) electrons. The maximum atomic E-state index is 14.4. The average molecular weight is 688 g/mol. The molecular formula is C30H38N7O10P. The van der Waals surface area contributed by atoms with Crippen molar-refractivity contribution in [1.82, 2.24) is 19.7 Å². The Morgan fingerprint density at radius 3 is 2.56 bits per heavy atom. The van der Waals surface area contributed by atoms with Crippen LogP contribution in [0.1, 0.15) is 59.3 Å². The van der Waals surface area contributed by atoms with Gasteiger partial charge in [0.15, 0.2) is 11.6 Å². The Labute approximate surface area is 276 Å². The van der Waals surface area contributed by atoms with Gasteiger partial charge >= 0.3 is 13.7 Å². The van der Waals surface area contributed by atoms with Crippen LogP contribution in [0, 0.1) is 27.4 Å². The van der Waals surface area contributed by atoms with Gasteiger partial charge in [-0.3, -0.25) is 19.4 Å². The number of aromatic nitrogens is 3. The fourth-order valence-corrected chi connectivity index (χ4v) is 7.09. The first kappa shape index (κ1) is 35.1. The number of carbonyl (C=O) groups is 1. The molecule has 4 heterocycles. The molecule has 0 spiro atoms. The number of nitrogens with one attached hydrogen (secondary N) is 1. The van der Waals surface area contributed by atoms with Crippen LogP contribution >= 0.6 is 7.75 Å². The number of carbonyl (C=O) groups excluding carboxylic acids is 1. The van der Waals surface area contributed by atoms with E-state index in [9.17, 15) is 24.7 Å². The lowest BCUT2D eigenvalue weighted by Gasteiger charge is -2.30. The molecule has 0 aliphatic carbocycles. The Hall–Kier alpha value is -4.17. The molecule has 2 aliphatic rings. The number of hydrogen-bond acceptors (Lipinski definition) is 14. The molecule has 1 aromatic carbocycles. The molecular weight excluding hydrogens is 649 g/mol. The van der Waals surface area contributed by atoms with Gasteiger partial charge in [0.05, 0.1) is 17.2 Å². The zero-order chi connectivity index (χ0) is 34.9. The van der Waals surface area contributed by atoms with Gasteiger partial charge in [-0.05, 0) is 51.0 Å². The van der Waals surface area contributed by atoms with Gasteiger partial charge in [-0.25, -0.2) is 14.1 Å². The number of esters is 1. The van der Waals surface area contributed by atoms with Crippen LogP contribution in [-0.4, -0.2) is 68.3 Å². The quantitative estimate of drug-likeness (QED) is 0.105. The van der Waals surface area contributed by atoms with E-state index < -0.39 is 61.0 Å². The summed E-state index contributed by atoms with van der Waals surface area (Å²) in [4.78, 5) is 27.5. The van der Waals surface area contributed by atoms with Gasteiger partial charge in [-0.1, -0.05) is 26.7 Å². The van der Waals surface area contributed by atoms with E-state index >= 15 is 0 Å². The van der Waals surface area contributed by atoms with E-state index in [-0.39, 0.29) is 29.8 Å². The first-order chi connectivity index (χ1) is 22.7. The van der Waals surface area contributed by atoms with Crippen LogP contribution in [0.5, 0.6) is 5.75 Å². The molecule has 0 saturated carbocycles. The molecule has 18 heteroatoms. The Morgan fingerprint density at radius 1 is 1.21 bits per heavy atom. The van der Waals surface area contributed by atoms with Crippen molar-refractivity contribution in [2.75, 3.05) is 18.9 Å². The van der Waals surface area contributed by atoms with E-state index in [2.05, 4.69) is 21.2 Å². The third-order valence-electron chi connectivity index (χ3n) is 8.26. The topological polar surface area (TPSA) is 225 Å². The van der Waals surface area contributed by atoms with Gasteiger partial charge in [0, 0.05) is 12.1 Å². The van der Waals surface area contributed by atoms with Crippen LogP contribution in [0.25, 0.3) is 5.52 Å². The fraction of sp³-hybridized carbons (Fsp3) is 0.533. The van der Waals surface area contributed by atoms with Gasteiger partial charge in [0.25, 0.3) is 5.69 Å². The number of nitro groups is 1. The standard InChI is InChI=1S/C30H38N7O10P/c1-6-19(7-2)14-42-28(38)18(3)35-48(41,47-21-10-8-20(9-11-21)37(39)40)43-16-30(15-31)26-25(44-29(4,5)46-26)24(45-30)22-12-13-23-27(32)33-17-34-36(22)23/h8-13,17-19,24-26H,6-7,14,16H2,1-5H3,(H,35,41)(H2,32,33,34)/t18-,24-,25-,26-,30+,48?/m0/s1. The van der Waals surface area contributed by atoms with E-state index in [0.717, 1.165) is 25.0 Å². The molecule has 5 rings (SSSR count). The van der Waals surface area contributed by atoms with E-state index in [1.807, 2.05) is 13.8 Å². The number of ether oxygens (including phenoxy) is 4. The van der Waals surface area contributed by atoms with Gasteiger partial charge in [-0.15, -0.1) is 0 Å². The van der Waals surface area contributed by atoms with Crippen molar-refractivity contribution in [1.29, 1.82) is 5.26 Å². The van der Waals surface area contributed by atoms with Crippen molar-refractivity contribution in [3.63, 3.8) is 0 Å². The third-order valence-corrected chi connectivity index (χ3v) is 9.88. The minimum atomic E-state index is -4.54. The predicted octanol–water partition coefficient (Wildman–Crippen LogP) is 4.23. The molecule has 0 amide bonds. The van der Waals surface area contributed by atoms with Crippen LogP contribution in [0.2, 0.25) is 0 Å². The lowest BCUT2D eigenvalue weighted by atomic mass is 9.96. The van der Waals surface area contributed by atoms with Crippen LogP contribution < -0.4 is 15.3 Å². The highest BCUT2D eigenvalue weighted by atomic mass is 31.2. The maximum absolute atomic E-state index is 14.4. The monoisotopic (exact) mass is 687 g/mol. The first-order valence-corrected chi connectivity index (χ1v) is 16.9. The largest absolute Gasteiger partial charge is 0.464 e. The Morgan fingerprint density at radius 2 is 1.92 bits per heavy atom. The van der Waals surface area contributed by atoms with Gasteiger partial charge in [0.1, 0.15) is 54.6 Å². The average Bonchev–Trinajstić information content (AvgIpc) is 3.71. The number of nitriles is 1. The van der Waals surface area contributed by atoms with Gasteiger partial charge in [-0.2, -0.15) is 15.4 Å². The summed E-state index contributed by atoms with van der Waals surface area (Å²) >= 11 is 0. The van der Waals surface area contributed by atoms with Crippen molar-refractivity contribution >= 4 is 30.7 Å². The number of nitrogens with two attached hydrogens (primary N) is 1. The third kappa shape index (κ3) is 7.14.